The van der Waals surface area contributed by atoms with E-state index in [2.05, 4.69) is 16.7 Å². The first-order chi connectivity index (χ1) is 18.4. The Morgan fingerprint density at radius 3 is 2.42 bits per heavy atom. The zero-order valence-electron chi connectivity index (χ0n) is 21.2. The highest BCUT2D eigenvalue weighted by molar-refractivity contribution is 6.01. The van der Waals surface area contributed by atoms with Gasteiger partial charge in [0, 0.05) is 30.1 Å². The van der Waals surface area contributed by atoms with Gasteiger partial charge in [0.1, 0.15) is 12.1 Å². The fraction of sp³-hybridized carbons (Fsp3) is 0.467. The van der Waals surface area contributed by atoms with E-state index in [1.165, 1.54) is 0 Å². The second-order valence-corrected chi connectivity index (χ2v) is 11.1. The van der Waals surface area contributed by atoms with Crippen LogP contribution in [0.3, 0.4) is 0 Å². The maximum absolute atomic E-state index is 14.3. The van der Waals surface area contributed by atoms with Gasteiger partial charge in [0.2, 0.25) is 11.8 Å². The summed E-state index contributed by atoms with van der Waals surface area (Å²) in [6, 6.07) is 15.3. The molecule has 2 saturated heterocycles. The number of carbonyl (C=O) groups is 3. The van der Waals surface area contributed by atoms with Crippen LogP contribution in [-0.2, 0) is 20.0 Å². The van der Waals surface area contributed by atoms with Gasteiger partial charge in [-0.2, -0.15) is 5.26 Å². The lowest BCUT2D eigenvalue weighted by molar-refractivity contribution is -0.152. The summed E-state index contributed by atoms with van der Waals surface area (Å²) in [6.45, 7) is 1.03. The minimum absolute atomic E-state index is 0.0215. The molecule has 2 aliphatic heterocycles. The molecule has 0 spiro atoms. The molecule has 8 heteroatoms. The lowest BCUT2D eigenvalue weighted by Crippen LogP contribution is -2.55. The summed E-state index contributed by atoms with van der Waals surface area (Å²) < 4.78 is 0. The van der Waals surface area contributed by atoms with Crippen molar-refractivity contribution >= 4 is 17.7 Å². The number of nitriles is 1. The van der Waals surface area contributed by atoms with Gasteiger partial charge in [0.05, 0.1) is 6.07 Å². The number of benzene rings is 2. The van der Waals surface area contributed by atoms with Crippen LogP contribution < -0.4 is 10.6 Å². The van der Waals surface area contributed by atoms with Crippen LogP contribution in [0.2, 0.25) is 0 Å². The summed E-state index contributed by atoms with van der Waals surface area (Å²) >= 11 is 0. The van der Waals surface area contributed by atoms with Crippen LogP contribution in [0.25, 0.3) is 11.1 Å². The number of rotatable bonds is 5. The molecule has 2 aromatic rings. The number of piperidine rings is 1. The first kappa shape index (κ1) is 24.6. The number of carbonyl (C=O) groups excluding carboxylic acids is 3. The molecule has 0 radical (unpaired) electrons. The second-order valence-electron chi connectivity index (χ2n) is 11.1. The number of likely N-dealkylation sites (tertiary alicyclic amines) is 1. The molecule has 2 aliphatic carbocycles. The minimum atomic E-state index is -1.89. The third-order valence-corrected chi connectivity index (χ3v) is 9.05. The van der Waals surface area contributed by atoms with Crippen molar-refractivity contribution in [1.82, 2.24) is 15.5 Å². The minimum Gasteiger partial charge on any atom is -0.372 e. The molecule has 0 unspecified atom stereocenters. The number of fused-ring (bicyclic) bond motifs is 4. The molecule has 0 bridgehead atoms. The van der Waals surface area contributed by atoms with E-state index in [1.54, 1.807) is 17.0 Å². The Morgan fingerprint density at radius 2 is 1.76 bits per heavy atom. The average Bonchev–Trinajstić information content (AvgIpc) is 3.61. The molecule has 38 heavy (non-hydrogen) atoms. The molecular formula is C30H32N4O4. The lowest BCUT2D eigenvalue weighted by Gasteiger charge is -2.34. The maximum atomic E-state index is 14.3. The Bertz CT molecular complexity index is 1290. The van der Waals surface area contributed by atoms with Crippen LogP contribution in [0.5, 0.6) is 0 Å². The topological polar surface area (TPSA) is 123 Å². The maximum Gasteiger partial charge on any atom is 0.264 e. The van der Waals surface area contributed by atoms with Crippen molar-refractivity contribution in [2.24, 2.45) is 17.8 Å². The lowest BCUT2D eigenvalue weighted by atomic mass is 9.88. The van der Waals surface area contributed by atoms with Gasteiger partial charge in [0.25, 0.3) is 5.91 Å². The third kappa shape index (κ3) is 3.80. The van der Waals surface area contributed by atoms with Crippen LogP contribution in [0.15, 0.2) is 48.5 Å². The summed E-state index contributed by atoms with van der Waals surface area (Å²) in [7, 11) is 0. The molecule has 196 valence electrons. The predicted octanol–water partition coefficient (Wildman–Crippen LogP) is 2.45. The molecule has 5 atom stereocenters. The number of nitrogens with one attached hydrogen (secondary N) is 2. The molecule has 1 saturated carbocycles. The first-order valence-corrected chi connectivity index (χ1v) is 13.6. The van der Waals surface area contributed by atoms with E-state index in [0.29, 0.717) is 30.6 Å². The fourth-order valence-electron chi connectivity index (χ4n) is 7.25. The van der Waals surface area contributed by atoms with E-state index in [4.69, 9.17) is 0 Å². The van der Waals surface area contributed by atoms with Gasteiger partial charge in [0.15, 0.2) is 5.60 Å². The highest BCUT2D eigenvalue weighted by Crippen LogP contribution is 2.50. The van der Waals surface area contributed by atoms with Crippen LogP contribution >= 0.6 is 0 Å². The van der Waals surface area contributed by atoms with E-state index in [1.807, 2.05) is 36.4 Å². The van der Waals surface area contributed by atoms with E-state index in [9.17, 15) is 24.8 Å². The van der Waals surface area contributed by atoms with Gasteiger partial charge in [-0.1, -0.05) is 55.0 Å². The zero-order chi connectivity index (χ0) is 26.4. The Kier molecular flexibility index (Phi) is 6.19. The molecule has 3 N–H and O–H groups in total. The van der Waals surface area contributed by atoms with Gasteiger partial charge in [-0.15, -0.1) is 0 Å². The van der Waals surface area contributed by atoms with Crippen molar-refractivity contribution in [3.05, 3.63) is 59.7 Å². The van der Waals surface area contributed by atoms with Gasteiger partial charge in [-0.25, -0.2) is 0 Å². The molecule has 8 nitrogen and oxygen atoms in total. The van der Waals surface area contributed by atoms with Crippen molar-refractivity contribution in [2.45, 2.75) is 56.2 Å². The largest absolute Gasteiger partial charge is 0.372 e. The van der Waals surface area contributed by atoms with Crippen molar-refractivity contribution < 1.29 is 19.5 Å². The van der Waals surface area contributed by atoms with Gasteiger partial charge in [-0.3, -0.25) is 14.4 Å². The monoisotopic (exact) mass is 512 g/mol. The van der Waals surface area contributed by atoms with Crippen LogP contribution in [-0.4, -0.2) is 52.9 Å². The van der Waals surface area contributed by atoms with E-state index in [0.717, 1.165) is 36.8 Å². The normalized spacial score (nSPS) is 27.5. The predicted molar refractivity (Wildman–Crippen MR) is 139 cm³/mol. The molecule has 2 heterocycles. The Morgan fingerprint density at radius 1 is 1.08 bits per heavy atom. The number of aliphatic hydroxyl groups is 1. The fourth-order valence-corrected chi connectivity index (χ4v) is 7.25. The molecular weight excluding hydrogens is 480 g/mol. The summed E-state index contributed by atoms with van der Waals surface area (Å²) in [5.41, 5.74) is 0.796. The summed E-state index contributed by atoms with van der Waals surface area (Å²) in [6.07, 6.45) is 4.51. The van der Waals surface area contributed by atoms with Gasteiger partial charge in [-0.05, 0) is 55.1 Å². The van der Waals surface area contributed by atoms with E-state index in [-0.39, 0.29) is 36.0 Å². The van der Waals surface area contributed by atoms with Crippen molar-refractivity contribution in [3.63, 3.8) is 0 Å². The van der Waals surface area contributed by atoms with Crippen molar-refractivity contribution in [3.8, 4) is 17.2 Å². The summed E-state index contributed by atoms with van der Waals surface area (Å²) in [5, 5.41) is 27.6. The number of hydrogen-bond donors (Lipinski definition) is 3. The quantitative estimate of drug-likeness (QED) is 0.568. The van der Waals surface area contributed by atoms with Gasteiger partial charge >= 0.3 is 0 Å². The first-order valence-electron chi connectivity index (χ1n) is 13.6. The highest BCUT2D eigenvalue weighted by Gasteiger charge is 2.56. The molecule has 3 fully saturated rings. The Labute approximate surface area is 222 Å². The third-order valence-electron chi connectivity index (χ3n) is 9.05. The van der Waals surface area contributed by atoms with Crippen molar-refractivity contribution in [1.29, 1.82) is 5.26 Å². The number of nitrogens with zero attached hydrogens (tertiary/aromatic N) is 2. The number of hydrogen-bond acceptors (Lipinski definition) is 5. The second kappa shape index (κ2) is 9.55. The number of amides is 3. The smallest absolute Gasteiger partial charge is 0.264 e. The SMILES string of the molecule is N#C[C@@H](C[C@@H]1CCCNC1=O)NC(=O)[C@H]1[C@H]2CCC[C@H]2CN1C(=O)C1(O)c2ccccc2-c2ccccc21. The average molecular weight is 513 g/mol. The van der Waals surface area contributed by atoms with Crippen LogP contribution in [0.1, 0.15) is 49.7 Å². The van der Waals surface area contributed by atoms with Crippen LogP contribution in [0.4, 0.5) is 0 Å². The molecule has 4 aliphatic rings. The molecule has 6 rings (SSSR count). The summed E-state index contributed by atoms with van der Waals surface area (Å²) in [4.78, 5) is 41.9. The molecule has 2 aromatic carbocycles. The Balaban J connectivity index is 1.30. The zero-order valence-corrected chi connectivity index (χ0v) is 21.2. The molecule has 0 aromatic heterocycles. The van der Waals surface area contributed by atoms with Gasteiger partial charge < -0.3 is 20.6 Å². The molecule has 3 amide bonds. The van der Waals surface area contributed by atoms with E-state index < -0.39 is 23.6 Å². The Hall–Kier alpha value is -3.70. The summed E-state index contributed by atoms with van der Waals surface area (Å²) in [5.74, 6) is -1.12. The van der Waals surface area contributed by atoms with Crippen LogP contribution in [0, 0.1) is 29.1 Å². The standard InChI is InChI=1S/C30H32N4O4/c31-16-20(15-18-8-6-14-32-27(18)35)33-28(36)26-21-11-5-7-19(21)17-34(26)29(37)30(38)24-12-3-1-9-22(24)23-10-2-4-13-25(23)30/h1-4,9-10,12-13,18-21,26,38H,5-8,11,14-15,17H2,(H,32,35)(H,33,36)/t18-,19-,20+,21-,26+/m0/s1. The highest BCUT2D eigenvalue weighted by atomic mass is 16.3. The van der Waals surface area contributed by atoms with Crippen molar-refractivity contribution in [2.75, 3.05) is 13.1 Å². The van der Waals surface area contributed by atoms with E-state index >= 15 is 0 Å².